The maximum atomic E-state index is 14.2. The topological polar surface area (TPSA) is 56.3 Å². The van der Waals surface area contributed by atoms with E-state index in [4.69, 9.17) is 4.74 Å². The number of halogens is 7. The van der Waals surface area contributed by atoms with Crippen LogP contribution in [0.4, 0.5) is 35.5 Å². The molecule has 0 saturated carbocycles. The zero-order chi connectivity index (χ0) is 32.4. The fourth-order valence-corrected chi connectivity index (χ4v) is 7.35. The highest BCUT2D eigenvalue weighted by Crippen LogP contribution is 2.52. The summed E-state index contributed by atoms with van der Waals surface area (Å²) in [6.07, 6.45) is -9.44. The molecule has 3 heterocycles. The van der Waals surface area contributed by atoms with Crippen LogP contribution < -0.4 is 0 Å². The van der Waals surface area contributed by atoms with Gasteiger partial charge in [0.15, 0.2) is 0 Å². The van der Waals surface area contributed by atoms with Crippen LogP contribution in [0.2, 0.25) is 0 Å². The van der Waals surface area contributed by atoms with Gasteiger partial charge in [0.2, 0.25) is 0 Å². The molecule has 5 atom stereocenters. The van der Waals surface area contributed by atoms with Gasteiger partial charge in [-0.15, -0.1) is 0 Å². The molecule has 44 heavy (non-hydrogen) atoms. The normalized spacial score (nSPS) is 28.7. The molecular weight excluding hydrogens is 595 g/mol. The predicted molar refractivity (Wildman–Crippen MR) is 147 cm³/mol. The first-order chi connectivity index (χ1) is 20.4. The monoisotopic (exact) mass is 631 g/mol. The Labute approximate surface area is 251 Å². The average Bonchev–Trinajstić information content (AvgIpc) is 3.25. The van der Waals surface area contributed by atoms with Crippen LogP contribution in [0.3, 0.4) is 0 Å². The second kappa shape index (κ2) is 11.2. The standard InChI is InChI=1S/C31H36F7N3O3/c1-18-13-23(32)5-6-24(18)25-26(42)29(8-7-28(3)17-44-12-11-41(28)29)9-10-40(25)27(43)39(4)19(2)20-14-21(30(33,34)35)16-22(15-20)31(36,37)38/h5-6,13-16,19,25-26,42H,7-12,17H2,1-4H3/t19-,25-,26?,28+,29+/m1/s1. The van der Waals surface area contributed by atoms with Gasteiger partial charge in [0.05, 0.1) is 48.1 Å². The molecule has 13 heteroatoms. The average molecular weight is 632 g/mol. The quantitative estimate of drug-likeness (QED) is 0.383. The number of piperidine rings is 1. The number of benzene rings is 2. The second-order valence-electron chi connectivity index (χ2n) is 12.5. The first-order valence-corrected chi connectivity index (χ1v) is 14.5. The number of rotatable bonds is 3. The molecule has 3 fully saturated rings. The van der Waals surface area contributed by atoms with E-state index in [0.717, 1.165) is 11.3 Å². The maximum Gasteiger partial charge on any atom is 0.416 e. The number of morpholine rings is 1. The van der Waals surface area contributed by atoms with Gasteiger partial charge in [0.25, 0.3) is 0 Å². The second-order valence-corrected chi connectivity index (χ2v) is 12.5. The lowest BCUT2D eigenvalue weighted by atomic mass is 9.75. The molecule has 1 spiro atoms. The van der Waals surface area contributed by atoms with E-state index >= 15 is 0 Å². The van der Waals surface area contributed by atoms with Crippen molar-refractivity contribution in [1.82, 2.24) is 14.7 Å². The van der Waals surface area contributed by atoms with Crippen molar-refractivity contribution in [3.63, 3.8) is 0 Å². The Balaban J connectivity index is 1.52. The summed E-state index contributed by atoms with van der Waals surface area (Å²) in [7, 11) is 1.31. The molecule has 1 unspecified atom stereocenters. The molecule has 3 aliphatic heterocycles. The number of carbonyl (C=O) groups excluding carboxylic acids is 1. The Morgan fingerprint density at radius 1 is 1.02 bits per heavy atom. The van der Waals surface area contributed by atoms with Gasteiger partial charge in [-0.05, 0) is 87.1 Å². The van der Waals surface area contributed by atoms with Crippen molar-refractivity contribution in [2.45, 2.75) is 81.7 Å². The van der Waals surface area contributed by atoms with Crippen LogP contribution in [0.25, 0.3) is 0 Å². The molecule has 0 bridgehead atoms. The number of ether oxygens (including phenoxy) is 1. The molecular formula is C31H36F7N3O3. The molecule has 0 aromatic heterocycles. The zero-order valence-corrected chi connectivity index (χ0v) is 24.9. The number of alkyl halides is 6. The molecule has 0 aliphatic carbocycles. The molecule has 5 rings (SSSR count). The van der Waals surface area contributed by atoms with Crippen LogP contribution in [0, 0.1) is 12.7 Å². The summed E-state index contributed by atoms with van der Waals surface area (Å²) in [6, 6.07) is 2.49. The fourth-order valence-electron chi connectivity index (χ4n) is 7.35. The van der Waals surface area contributed by atoms with Crippen molar-refractivity contribution >= 4 is 6.03 Å². The third-order valence-electron chi connectivity index (χ3n) is 9.90. The Bertz CT molecular complexity index is 1380. The number of fused-ring (bicyclic) bond motifs is 2. The summed E-state index contributed by atoms with van der Waals surface area (Å²) < 4.78 is 101. The maximum absolute atomic E-state index is 14.2. The van der Waals surface area contributed by atoms with Gasteiger partial charge in [-0.25, -0.2) is 9.18 Å². The molecule has 2 aromatic carbocycles. The number of aryl methyl sites for hydroxylation is 1. The van der Waals surface area contributed by atoms with Gasteiger partial charge >= 0.3 is 18.4 Å². The van der Waals surface area contributed by atoms with Crippen LogP contribution in [0.5, 0.6) is 0 Å². The summed E-state index contributed by atoms with van der Waals surface area (Å²) in [5.74, 6) is -0.499. The summed E-state index contributed by atoms with van der Waals surface area (Å²) in [4.78, 5) is 18.9. The molecule has 0 radical (unpaired) electrons. The van der Waals surface area contributed by atoms with Crippen LogP contribution in [0.15, 0.2) is 36.4 Å². The Kier molecular flexibility index (Phi) is 8.24. The van der Waals surface area contributed by atoms with E-state index in [9.17, 15) is 40.6 Å². The smallest absolute Gasteiger partial charge is 0.389 e. The summed E-state index contributed by atoms with van der Waals surface area (Å²) >= 11 is 0. The summed E-state index contributed by atoms with van der Waals surface area (Å²) in [5, 5.41) is 12.2. The number of amides is 2. The van der Waals surface area contributed by atoms with Crippen LogP contribution in [0.1, 0.15) is 73.0 Å². The van der Waals surface area contributed by atoms with Crippen molar-refractivity contribution in [2.24, 2.45) is 0 Å². The lowest BCUT2D eigenvalue weighted by molar-refractivity contribution is -0.145. The van der Waals surface area contributed by atoms with Crippen LogP contribution in [-0.2, 0) is 17.1 Å². The SMILES string of the molecule is Cc1cc(F)ccc1[C@@H]1C(O)[C@@]2(CCN1C(=O)N(C)[C@H](C)c1cc(C(F)(F)F)cc(C(F)(F)F)c1)CC[C@@]1(C)COCCN12. The fraction of sp³-hybridized carbons (Fsp3) is 0.581. The number of hydrogen-bond acceptors (Lipinski definition) is 4. The summed E-state index contributed by atoms with van der Waals surface area (Å²) in [5.41, 5.74) is -3.32. The highest BCUT2D eigenvalue weighted by atomic mass is 19.4. The third-order valence-corrected chi connectivity index (χ3v) is 9.90. The minimum Gasteiger partial charge on any atom is -0.389 e. The third kappa shape index (κ3) is 5.55. The van der Waals surface area contributed by atoms with E-state index < -0.39 is 59.1 Å². The minimum absolute atomic E-state index is 0.0484. The van der Waals surface area contributed by atoms with Gasteiger partial charge in [0.1, 0.15) is 5.82 Å². The zero-order valence-electron chi connectivity index (χ0n) is 24.9. The summed E-state index contributed by atoms with van der Waals surface area (Å²) in [6.45, 7) is 6.78. The molecule has 3 saturated heterocycles. The van der Waals surface area contributed by atoms with E-state index in [1.807, 2.05) is 0 Å². The van der Waals surface area contributed by atoms with Crippen LogP contribution >= 0.6 is 0 Å². The number of carbonyl (C=O) groups is 1. The number of nitrogens with zero attached hydrogens (tertiary/aromatic N) is 3. The molecule has 6 nitrogen and oxygen atoms in total. The number of hydrogen-bond donors (Lipinski definition) is 1. The van der Waals surface area contributed by atoms with Crippen molar-refractivity contribution in [3.8, 4) is 0 Å². The molecule has 242 valence electrons. The van der Waals surface area contributed by atoms with E-state index in [1.54, 1.807) is 6.92 Å². The van der Waals surface area contributed by atoms with Crippen molar-refractivity contribution in [3.05, 3.63) is 70.0 Å². The first-order valence-electron chi connectivity index (χ1n) is 14.5. The number of urea groups is 1. The molecule has 1 N–H and O–H groups in total. The largest absolute Gasteiger partial charge is 0.416 e. The first kappa shape index (κ1) is 32.5. The van der Waals surface area contributed by atoms with Crippen LogP contribution in [-0.4, -0.2) is 76.4 Å². The predicted octanol–water partition coefficient (Wildman–Crippen LogP) is 6.72. The number of likely N-dealkylation sites (tertiary alicyclic amines) is 1. The van der Waals surface area contributed by atoms with Gasteiger partial charge in [-0.3, -0.25) is 4.90 Å². The molecule has 2 aromatic rings. The van der Waals surface area contributed by atoms with Crippen molar-refractivity contribution < 1.29 is 45.4 Å². The lowest BCUT2D eigenvalue weighted by Gasteiger charge is -2.56. The van der Waals surface area contributed by atoms with E-state index in [1.165, 1.54) is 37.1 Å². The molecule has 2 amide bonds. The lowest BCUT2D eigenvalue weighted by Crippen LogP contribution is -2.68. The van der Waals surface area contributed by atoms with Crippen molar-refractivity contribution in [2.75, 3.05) is 33.4 Å². The van der Waals surface area contributed by atoms with Gasteiger partial charge < -0.3 is 19.6 Å². The van der Waals surface area contributed by atoms with Gasteiger partial charge in [-0.2, -0.15) is 26.3 Å². The van der Waals surface area contributed by atoms with Gasteiger partial charge in [0, 0.05) is 25.7 Å². The highest BCUT2D eigenvalue weighted by molar-refractivity contribution is 5.76. The Morgan fingerprint density at radius 2 is 1.66 bits per heavy atom. The number of aliphatic hydroxyl groups excluding tert-OH is 1. The van der Waals surface area contributed by atoms with E-state index in [2.05, 4.69) is 11.8 Å². The van der Waals surface area contributed by atoms with Crippen molar-refractivity contribution in [1.29, 1.82) is 0 Å². The number of aliphatic hydroxyl groups is 1. The minimum atomic E-state index is -5.04. The Morgan fingerprint density at radius 3 is 2.25 bits per heavy atom. The Hall–Kier alpha value is -2.90. The van der Waals surface area contributed by atoms with E-state index in [0.29, 0.717) is 55.9 Å². The highest BCUT2D eigenvalue weighted by Gasteiger charge is 2.61. The van der Waals surface area contributed by atoms with Gasteiger partial charge in [-0.1, -0.05) is 6.07 Å². The van der Waals surface area contributed by atoms with E-state index in [-0.39, 0.29) is 23.7 Å². The molecule has 3 aliphatic rings.